The van der Waals surface area contributed by atoms with Crippen molar-refractivity contribution in [2.45, 2.75) is 25.4 Å². The highest BCUT2D eigenvalue weighted by atomic mass is 79.9. The van der Waals surface area contributed by atoms with Gasteiger partial charge < -0.3 is 10.0 Å². The first-order valence-electron chi connectivity index (χ1n) is 8.24. The van der Waals surface area contributed by atoms with Gasteiger partial charge in [0.05, 0.1) is 0 Å². The van der Waals surface area contributed by atoms with Crippen LogP contribution in [0.4, 0.5) is 0 Å². The van der Waals surface area contributed by atoms with Gasteiger partial charge >= 0.3 is 0 Å². The van der Waals surface area contributed by atoms with Gasteiger partial charge in [-0.15, -0.1) is 0 Å². The van der Waals surface area contributed by atoms with E-state index >= 15 is 0 Å². The number of piperazine rings is 1. The molecule has 2 saturated heterocycles. The summed E-state index contributed by atoms with van der Waals surface area (Å²) < 4.78 is 1.03. The maximum atomic E-state index is 9.99. The monoisotopic (exact) mass is 367 g/mol. The van der Waals surface area contributed by atoms with Crippen LogP contribution in [0.5, 0.6) is 5.75 Å². The van der Waals surface area contributed by atoms with E-state index in [9.17, 15) is 5.11 Å². The molecule has 0 saturated carbocycles. The summed E-state index contributed by atoms with van der Waals surface area (Å²) in [5.74, 6) is 0.407. The van der Waals surface area contributed by atoms with Crippen molar-refractivity contribution in [3.05, 3.63) is 28.2 Å². The number of aromatic hydroxyl groups is 1. The molecule has 3 rings (SSSR count). The average Bonchev–Trinajstić information content (AvgIpc) is 2.53. The Morgan fingerprint density at radius 1 is 1.09 bits per heavy atom. The zero-order valence-electron chi connectivity index (χ0n) is 13.3. The first-order chi connectivity index (χ1) is 10.6. The van der Waals surface area contributed by atoms with Crippen LogP contribution in [0.3, 0.4) is 0 Å². The van der Waals surface area contributed by atoms with E-state index in [0.717, 1.165) is 35.7 Å². The van der Waals surface area contributed by atoms with Crippen LogP contribution in [0.25, 0.3) is 0 Å². The summed E-state index contributed by atoms with van der Waals surface area (Å²) in [5.41, 5.74) is 1.02. The van der Waals surface area contributed by atoms with E-state index in [1.165, 1.54) is 39.0 Å². The van der Waals surface area contributed by atoms with E-state index in [0.29, 0.717) is 5.75 Å². The molecule has 1 aromatic carbocycles. The number of piperidine rings is 1. The van der Waals surface area contributed by atoms with Gasteiger partial charge in [-0.1, -0.05) is 15.9 Å². The predicted octanol–water partition coefficient (Wildman–Crippen LogP) is 2.37. The quantitative estimate of drug-likeness (QED) is 0.887. The molecular formula is C17H26BrN3O. The maximum Gasteiger partial charge on any atom is 0.120 e. The van der Waals surface area contributed by atoms with Crippen molar-refractivity contribution in [3.8, 4) is 5.75 Å². The largest absolute Gasteiger partial charge is 0.508 e. The number of likely N-dealkylation sites (N-methyl/N-ethyl adjacent to an activating group) is 1. The van der Waals surface area contributed by atoms with Crippen LogP contribution in [0, 0.1) is 0 Å². The highest BCUT2D eigenvalue weighted by Crippen LogP contribution is 2.25. The molecule has 0 spiro atoms. The SMILES string of the molecule is CN1CCN(C2CCN(Cc3cc(Br)ccc3O)CC2)CC1. The molecule has 2 aliphatic rings. The summed E-state index contributed by atoms with van der Waals surface area (Å²) in [6.07, 6.45) is 2.50. The second-order valence-electron chi connectivity index (χ2n) is 6.62. The summed E-state index contributed by atoms with van der Waals surface area (Å²) in [4.78, 5) is 7.56. The minimum atomic E-state index is 0.407. The number of hydrogen-bond donors (Lipinski definition) is 1. The van der Waals surface area contributed by atoms with Crippen LogP contribution >= 0.6 is 15.9 Å². The maximum absolute atomic E-state index is 9.99. The molecule has 4 nitrogen and oxygen atoms in total. The fourth-order valence-electron chi connectivity index (χ4n) is 3.55. The van der Waals surface area contributed by atoms with E-state index in [1.807, 2.05) is 12.1 Å². The highest BCUT2D eigenvalue weighted by Gasteiger charge is 2.26. The lowest BCUT2D eigenvalue weighted by molar-refractivity contribution is 0.0656. The van der Waals surface area contributed by atoms with E-state index in [2.05, 4.69) is 37.7 Å². The van der Waals surface area contributed by atoms with E-state index in [1.54, 1.807) is 6.07 Å². The molecule has 2 aliphatic heterocycles. The van der Waals surface area contributed by atoms with Gasteiger partial charge in [0.15, 0.2) is 0 Å². The van der Waals surface area contributed by atoms with Gasteiger partial charge in [-0.25, -0.2) is 0 Å². The molecule has 1 N–H and O–H groups in total. The molecule has 5 heteroatoms. The van der Waals surface area contributed by atoms with Crippen molar-refractivity contribution < 1.29 is 5.11 Å². The second kappa shape index (κ2) is 7.30. The molecule has 0 radical (unpaired) electrons. The van der Waals surface area contributed by atoms with Crippen molar-refractivity contribution in [2.75, 3.05) is 46.3 Å². The first kappa shape index (κ1) is 16.2. The summed E-state index contributed by atoms with van der Waals surface area (Å²) in [6.45, 7) is 7.94. The molecule has 22 heavy (non-hydrogen) atoms. The molecule has 0 unspecified atom stereocenters. The Hall–Kier alpha value is -0.620. The van der Waals surface area contributed by atoms with Crippen LogP contribution in [0.1, 0.15) is 18.4 Å². The molecule has 1 aromatic rings. The molecule has 2 fully saturated rings. The van der Waals surface area contributed by atoms with Crippen molar-refractivity contribution in [2.24, 2.45) is 0 Å². The lowest BCUT2D eigenvalue weighted by atomic mass is 10.0. The minimum absolute atomic E-state index is 0.407. The van der Waals surface area contributed by atoms with E-state index in [-0.39, 0.29) is 0 Å². The van der Waals surface area contributed by atoms with Crippen molar-refractivity contribution in [1.82, 2.24) is 14.7 Å². The topological polar surface area (TPSA) is 30.0 Å². The number of phenols is 1. The Labute approximate surface area is 141 Å². The number of rotatable bonds is 3. The van der Waals surface area contributed by atoms with Gasteiger partial charge in [-0.2, -0.15) is 0 Å². The highest BCUT2D eigenvalue weighted by molar-refractivity contribution is 9.10. The van der Waals surface area contributed by atoms with Crippen molar-refractivity contribution >= 4 is 15.9 Å². The zero-order chi connectivity index (χ0) is 15.5. The molecule has 0 aliphatic carbocycles. The molecule has 0 aromatic heterocycles. The Morgan fingerprint density at radius 3 is 2.45 bits per heavy atom. The molecule has 0 bridgehead atoms. The Kier molecular flexibility index (Phi) is 5.39. The third-order valence-corrected chi connectivity index (χ3v) is 5.54. The lowest BCUT2D eigenvalue weighted by Crippen LogP contribution is -2.52. The molecule has 0 atom stereocenters. The number of nitrogens with zero attached hydrogens (tertiary/aromatic N) is 3. The third kappa shape index (κ3) is 4.02. The lowest BCUT2D eigenvalue weighted by Gasteiger charge is -2.42. The summed E-state index contributed by atoms with van der Waals surface area (Å²) in [6, 6.07) is 6.44. The number of hydrogen-bond acceptors (Lipinski definition) is 4. The van der Waals surface area contributed by atoms with Gasteiger partial charge in [0.2, 0.25) is 0 Å². The Morgan fingerprint density at radius 2 is 1.77 bits per heavy atom. The fourth-order valence-corrected chi connectivity index (χ4v) is 3.96. The van der Waals surface area contributed by atoms with Crippen LogP contribution in [-0.2, 0) is 6.54 Å². The molecule has 2 heterocycles. The van der Waals surface area contributed by atoms with Gasteiger partial charge in [0.25, 0.3) is 0 Å². The van der Waals surface area contributed by atoms with Crippen LogP contribution in [0.2, 0.25) is 0 Å². The normalized spacial score (nSPS) is 23.0. The molecular weight excluding hydrogens is 342 g/mol. The number of phenolic OH excluding ortho intramolecular Hbond substituents is 1. The van der Waals surface area contributed by atoms with Crippen LogP contribution in [0.15, 0.2) is 22.7 Å². The minimum Gasteiger partial charge on any atom is -0.508 e. The standard InChI is InChI=1S/C17H26BrN3O/c1-19-8-10-21(11-9-19)16-4-6-20(7-5-16)13-14-12-15(18)2-3-17(14)22/h2-3,12,16,22H,4-11,13H2,1H3. The number of halogens is 1. The average molecular weight is 368 g/mol. The van der Waals surface area contributed by atoms with E-state index < -0.39 is 0 Å². The first-order valence-corrected chi connectivity index (χ1v) is 9.03. The smallest absolute Gasteiger partial charge is 0.120 e. The fraction of sp³-hybridized carbons (Fsp3) is 0.647. The molecule has 122 valence electrons. The van der Waals surface area contributed by atoms with Crippen molar-refractivity contribution in [3.63, 3.8) is 0 Å². The third-order valence-electron chi connectivity index (χ3n) is 5.05. The number of likely N-dealkylation sites (tertiary alicyclic amines) is 1. The molecule has 0 amide bonds. The zero-order valence-corrected chi connectivity index (χ0v) is 14.9. The number of benzene rings is 1. The summed E-state index contributed by atoms with van der Waals surface area (Å²) >= 11 is 3.49. The van der Waals surface area contributed by atoms with Crippen molar-refractivity contribution in [1.29, 1.82) is 0 Å². The van der Waals surface area contributed by atoms with Gasteiger partial charge in [-0.05, 0) is 51.2 Å². The van der Waals surface area contributed by atoms with Gasteiger partial charge in [0.1, 0.15) is 5.75 Å². The van der Waals surface area contributed by atoms with Crippen LogP contribution in [-0.4, -0.2) is 72.2 Å². The Bertz CT molecular complexity index is 495. The Balaban J connectivity index is 1.50. The van der Waals surface area contributed by atoms with Gasteiger partial charge in [-0.3, -0.25) is 9.80 Å². The van der Waals surface area contributed by atoms with Crippen LogP contribution < -0.4 is 0 Å². The predicted molar refractivity (Wildman–Crippen MR) is 93.2 cm³/mol. The summed E-state index contributed by atoms with van der Waals surface area (Å²) in [5, 5.41) is 9.99. The van der Waals surface area contributed by atoms with E-state index in [4.69, 9.17) is 0 Å². The van der Waals surface area contributed by atoms with Gasteiger partial charge in [0, 0.05) is 48.8 Å². The summed E-state index contributed by atoms with van der Waals surface area (Å²) in [7, 11) is 2.21. The second-order valence-corrected chi connectivity index (χ2v) is 7.54.